The second kappa shape index (κ2) is 9.05. The van der Waals surface area contributed by atoms with Crippen LogP contribution in [0.3, 0.4) is 0 Å². The molecule has 136 valence electrons. The van der Waals surface area contributed by atoms with E-state index in [0.29, 0.717) is 6.54 Å². The van der Waals surface area contributed by atoms with Crippen LogP contribution in [-0.4, -0.2) is 60.3 Å². The summed E-state index contributed by atoms with van der Waals surface area (Å²) in [6, 6.07) is 7.70. The molecule has 0 aromatic heterocycles. The van der Waals surface area contributed by atoms with Gasteiger partial charge in [0.2, 0.25) is 11.8 Å². The minimum atomic E-state index is -0.0858. The molecular formula is C18H27N5O2. The maximum atomic E-state index is 11.5. The largest absolute Gasteiger partial charge is 0.357 e. The Bertz CT molecular complexity index is 636. The van der Waals surface area contributed by atoms with Gasteiger partial charge in [0.05, 0.1) is 6.54 Å². The van der Waals surface area contributed by atoms with Crippen molar-refractivity contribution in [3.05, 3.63) is 29.8 Å². The minimum Gasteiger partial charge on any atom is -0.357 e. The summed E-state index contributed by atoms with van der Waals surface area (Å²) in [4.78, 5) is 31.4. The first-order chi connectivity index (χ1) is 12.0. The van der Waals surface area contributed by atoms with Crippen molar-refractivity contribution >= 4 is 23.5 Å². The maximum absolute atomic E-state index is 11.5. The highest BCUT2D eigenvalue weighted by Gasteiger charge is 2.20. The molecule has 0 radical (unpaired) electrons. The van der Waals surface area contributed by atoms with E-state index in [4.69, 9.17) is 4.99 Å². The van der Waals surface area contributed by atoms with Crippen LogP contribution in [0.4, 0.5) is 5.69 Å². The van der Waals surface area contributed by atoms with E-state index < -0.39 is 0 Å². The molecule has 2 rings (SSSR count). The zero-order chi connectivity index (χ0) is 18.2. The highest BCUT2D eigenvalue weighted by Crippen LogP contribution is 2.12. The molecule has 0 atom stereocenters. The Morgan fingerprint density at radius 2 is 1.80 bits per heavy atom. The quantitative estimate of drug-likeness (QED) is 0.636. The zero-order valence-electron chi connectivity index (χ0n) is 15.2. The number of amides is 2. The fourth-order valence-corrected chi connectivity index (χ4v) is 2.78. The number of benzene rings is 1. The Balaban J connectivity index is 2.02. The van der Waals surface area contributed by atoms with Crippen molar-refractivity contribution in [1.29, 1.82) is 0 Å². The Labute approximate surface area is 149 Å². The van der Waals surface area contributed by atoms with Gasteiger partial charge in [-0.05, 0) is 24.6 Å². The number of piperazine rings is 1. The lowest BCUT2D eigenvalue weighted by Gasteiger charge is -2.36. The molecule has 1 aliphatic heterocycles. The molecule has 1 fully saturated rings. The third-order valence-electron chi connectivity index (χ3n) is 4.02. The average Bonchev–Trinajstić information content (AvgIpc) is 2.58. The number of carbonyl (C=O) groups is 2. The zero-order valence-corrected chi connectivity index (χ0v) is 15.2. The molecule has 7 heteroatoms. The number of carbonyl (C=O) groups excluding carboxylic acids is 2. The van der Waals surface area contributed by atoms with Crippen molar-refractivity contribution in [2.75, 3.05) is 38.0 Å². The van der Waals surface area contributed by atoms with E-state index in [-0.39, 0.29) is 11.8 Å². The Morgan fingerprint density at radius 3 is 2.40 bits per heavy atom. The minimum absolute atomic E-state index is 0.0858. The molecule has 7 nitrogen and oxygen atoms in total. The molecular weight excluding hydrogens is 318 g/mol. The first-order valence-electron chi connectivity index (χ1n) is 8.65. The molecule has 0 unspecified atom stereocenters. The van der Waals surface area contributed by atoms with E-state index in [2.05, 4.69) is 15.5 Å². The lowest BCUT2D eigenvalue weighted by atomic mass is 10.2. The molecule has 1 aromatic rings. The van der Waals surface area contributed by atoms with E-state index in [9.17, 15) is 9.59 Å². The van der Waals surface area contributed by atoms with Crippen LogP contribution in [0, 0.1) is 0 Å². The van der Waals surface area contributed by atoms with Gasteiger partial charge < -0.3 is 20.4 Å². The van der Waals surface area contributed by atoms with Crippen LogP contribution in [-0.2, 0) is 16.1 Å². The van der Waals surface area contributed by atoms with Crippen molar-refractivity contribution in [2.24, 2.45) is 4.99 Å². The SMILES string of the molecule is CCNC(=NCc1cccc(NC(C)=O)c1)N1CCN(C(C)=O)CC1. The second-order valence-electron chi connectivity index (χ2n) is 6.04. The summed E-state index contributed by atoms with van der Waals surface area (Å²) in [5.41, 5.74) is 1.81. The van der Waals surface area contributed by atoms with Gasteiger partial charge in [0.15, 0.2) is 5.96 Å². The molecule has 25 heavy (non-hydrogen) atoms. The Morgan fingerprint density at radius 1 is 1.12 bits per heavy atom. The van der Waals surface area contributed by atoms with Crippen molar-refractivity contribution < 1.29 is 9.59 Å². The van der Waals surface area contributed by atoms with E-state index in [0.717, 1.165) is 49.9 Å². The maximum Gasteiger partial charge on any atom is 0.221 e. The van der Waals surface area contributed by atoms with Crippen molar-refractivity contribution in [1.82, 2.24) is 15.1 Å². The van der Waals surface area contributed by atoms with E-state index in [1.807, 2.05) is 36.1 Å². The molecule has 1 aromatic carbocycles. The number of nitrogens with zero attached hydrogens (tertiary/aromatic N) is 3. The van der Waals surface area contributed by atoms with Crippen LogP contribution in [0.15, 0.2) is 29.3 Å². The smallest absolute Gasteiger partial charge is 0.221 e. The van der Waals surface area contributed by atoms with Gasteiger partial charge >= 0.3 is 0 Å². The number of rotatable bonds is 4. The summed E-state index contributed by atoms with van der Waals surface area (Å²) in [6.07, 6.45) is 0. The molecule has 0 spiro atoms. The lowest BCUT2D eigenvalue weighted by molar-refractivity contribution is -0.130. The summed E-state index contributed by atoms with van der Waals surface area (Å²) < 4.78 is 0. The molecule has 1 saturated heterocycles. The van der Waals surface area contributed by atoms with E-state index in [1.54, 1.807) is 6.92 Å². The van der Waals surface area contributed by atoms with Crippen molar-refractivity contribution in [3.63, 3.8) is 0 Å². The van der Waals surface area contributed by atoms with Gasteiger partial charge in [0.25, 0.3) is 0 Å². The monoisotopic (exact) mass is 345 g/mol. The van der Waals surface area contributed by atoms with Gasteiger partial charge in [-0.2, -0.15) is 0 Å². The van der Waals surface area contributed by atoms with Crippen LogP contribution < -0.4 is 10.6 Å². The van der Waals surface area contributed by atoms with E-state index in [1.165, 1.54) is 6.92 Å². The summed E-state index contributed by atoms with van der Waals surface area (Å²) >= 11 is 0. The van der Waals surface area contributed by atoms with Crippen molar-refractivity contribution in [3.8, 4) is 0 Å². The Hall–Kier alpha value is -2.57. The predicted octanol–water partition coefficient (Wildman–Crippen LogP) is 1.27. The summed E-state index contributed by atoms with van der Waals surface area (Å²) in [5.74, 6) is 0.893. The number of anilines is 1. The fourth-order valence-electron chi connectivity index (χ4n) is 2.78. The predicted molar refractivity (Wildman–Crippen MR) is 99.4 cm³/mol. The van der Waals surface area contributed by atoms with Crippen LogP contribution in [0.2, 0.25) is 0 Å². The summed E-state index contributed by atoms with van der Waals surface area (Å²) in [6.45, 7) is 9.45. The molecule has 2 amide bonds. The molecule has 1 heterocycles. The van der Waals surface area contributed by atoms with Crippen LogP contribution in [0.1, 0.15) is 26.3 Å². The number of nitrogens with one attached hydrogen (secondary N) is 2. The van der Waals surface area contributed by atoms with Gasteiger partial charge in [0.1, 0.15) is 0 Å². The van der Waals surface area contributed by atoms with Crippen LogP contribution >= 0.6 is 0 Å². The van der Waals surface area contributed by atoms with Crippen LogP contribution in [0.25, 0.3) is 0 Å². The highest BCUT2D eigenvalue weighted by atomic mass is 16.2. The third-order valence-corrected chi connectivity index (χ3v) is 4.02. The molecule has 0 aliphatic carbocycles. The molecule has 2 N–H and O–H groups in total. The molecule has 0 saturated carbocycles. The van der Waals surface area contributed by atoms with Crippen molar-refractivity contribution in [2.45, 2.75) is 27.3 Å². The van der Waals surface area contributed by atoms with Gasteiger partial charge in [0, 0.05) is 52.3 Å². The highest BCUT2D eigenvalue weighted by molar-refractivity contribution is 5.88. The third kappa shape index (κ3) is 5.77. The van der Waals surface area contributed by atoms with Crippen LogP contribution in [0.5, 0.6) is 0 Å². The van der Waals surface area contributed by atoms with Gasteiger partial charge in [-0.25, -0.2) is 4.99 Å². The summed E-state index contributed by atoms with van der Waals surface area (Å²) in [7, 11) is 0. The second-order valence-corrected chi connectivity index (χ2v) is 6.04. The summed E-state index contributed by atoms with van der Waals surface area (Å²) in [5, 5.41) is 6.10. The van der Waals surface area contributed by atoms with E-state index >= 15 is 0 Å². The first kappa shape index (κ1) is 18.8. The van der Waals surface area contributed by atoms with Gasteiger partial charge in [-0.3, -0.25) is 9.59 Å². The fraction of sp³-hybridized carbons (Fsp3) is 0.500. The number of aliphatic imine (C=N–C) groups is 1. The standard InChI is InChI=1S/C18H27N5O2/c1-4-19-18(23-10-8-22(9-11-23)15(3)25)20-13-16-6-5-7-17(12-16)21-14(2)24/h5-7,12H,4,8-11,13H2,1-3H3,(H,19,20)(H,21,24). The van der Waals surface area contributed by atoms with Gasteiger partial charge in [-0.15, -0.1) is 0 Å². The number of hydrogen-bond acceptors (Lipinski definition) is 3. The average molecular weight is 345 g/mol. The Kier molecular flexibility index (Phi) is 6.80. The normalized spacial score (nSPS) is 15.1. The first-order valence-corrected chi connectivity index (χ1v) is 8.65. The molecule has 1 aliphatic rings. The lowest BCUT2D eigenvalue weighted by Crippen LogP contribution is -2.53. The van der Waals surface area contributed by atoms with Gasteiger partial charge in [-0.1, -0.05) is 12.1 Å². The topological polar surface area (TPSA) is 77.0 Å². The number of hydrogen-bond donors (Lipinski definition) is 2. The number of guanidine groups is 1. The molecule has 0 bridgehead atoms.